The number of ether oxygens (including phenoxy) is 3. The van der Waals surface area contributed by atoms with Gasteiger partial charge in [-0.1, -0.05) is 0 Å². The maximum Gasteiger partial charge on any atom is 0.262 e. The zero-order valence-corrected chi connectivity index (χ0v) is 14.5. The van der Waals surface area contributed by atoms with Gasteiger partial charge in [0.05, 0.1) is 0 Å². The molecule has 1 aromatic heterocycles. The number of rotatable bonds is 5. The summed E-state index contributed by atoms with van der Waals surface area (Å²) in [6, 6.07) is 6.97. The number of nitrogens with one attached hydrogen (secondary N) is 1. The number of fused-ring (bicyclic) bond motifs is 1. The van der Waals surface area contributed by atoms with Crippen molar-refractivity contribution < 1.29 is 19.0 Å². The van der Waals surface area contributed by atoms with Crippen molar-refractivity contribution in [2.45, 2.75) is 19.8 Å². The third-order valence-corrected chi connectivity index (χ3v) is 4.22. The van der Waals surface area contributed by atoms with E-state index < -0.39 is 0 Å². The normalized spacial score (nSPS) is 15.2. The van der Waals surface area contributed by atoms with Crippen LogP contribution in [0.3, 0.4) is 0 Å². The molecule has 0 unspecified atom stereocenters. The summed E-state index contributed by atoms with van der Waals surface area (Å²) in [6.45, 7) is 3.86. The molecular formula is C18H20N4O4. The first kappa shape index (κ1) is 16.4. The molecule has 4 rings (SSSR count). The van der Waals surface area contributed by atoms with Crippen molar-refractivity contribution >= 4 is 17.5 Å². The van der Waals surface area contributed by atoms with E-state index in [2.05, 4.69) is 20.2 Å². The van der Waals surface area contributed by atoms with Gasteiger partial charge in [0.25, 0.3) is 5.91 Å². The Morgan fingerprint density at radius 3 is 2.85 bits per heavy atom. The average Bonchev–Trinajstić information content (AvgIpc) is 3.31. The standard InChI is InChI=1S/C18H20N4O4/c1-12-8-17(21-18(19-12)22-6-2-3-7-22)24-10-16(23)20-13-4-5-14-15(9-13)26-11-25-14/h4-5,8-9H,2-3,6-7,10-11H2,1H3,(H,20,23). The van der Waals surface area contributed by atoms with Gasteiger partial charge in [0.1, 0.15) is 0 Å². The zero-order chi connectivity index (χ0) is 17.9. The van der Waals surface area contributed by atoms with Gasteiger partial charge in [0, 0.05) is 36.6 Å². The van der Waals surface area contributed by atoms with Crippen LogP contribution in [0.4, 0.5) is 11.6 Å². The molecule has 2 aliphatic heterocycles. The predicted molar refractivity (Wildman–Crippen MR) is 94.9 cm³/mol. The highest BCUT2D eigenvalue weighted by atomic mass is 16.7. The van der Waals surface area contributed by atoms with Crippen LogP contribution in [0, 0.1) is 6.92 Å². The summed E-state index contributed by atoms with van der Waals surface area (Å²) in [7, 11) is 0. The van der Waals surface area contributed by atoms with E-state index >= 15 is 0 Å². The molecule has 0 bridgehead atoms. The monoisotopic (exact) mass is 356 g/mol. The SMILES string of the molecule is Cc1cc(OCC(=O)Nc2ccc3c(c2)OCO3)nc(N2CCCC2)n1. The van der Waals surface area contributed by atoms with Crippen molar-refractivity contribution in [3.8, 4) is 17.4 Å². The Hall–Kier alpha value is -3.03. The van der Waals surface area contributed by atoms with Crippen LogP contribution in [-0.4, -0.2) is 42.4 Å². The van der Waals surface area contributed by atoms with Gasteiger partial charge in [0.15, 0.2) is 18.1 Å². The second kappa shape index (κ2) is 7.07. The topological polar surface area (TPSA) is 85.8 Å². The highest BCUT2D eigenvalue weighted by molar-refractivity contribution is 5.92. The lowest BCUT2D eigenvalue weighted by molar-refractivity contribution is -0.118. The molecular weight excluding hydrogens is 336 g/mol. The van der Waals surface area contributed by atoms with Gasteiger partial charge in [-0.05, 0) is 31.9 Å². The van der Waals surface area contributed by atoms with Crippen molar-refractivity contribution in [3.05, 3.63) is 30.0 Å². The molecule has 0 saturated carbocycles. The van der Waals surface area contributed by atoms with Crippen LogP contribution in [0.15, 0.2) is 24.3 Å². The summed E-state index contributed by atoms with van der Waals surface area (Å²) >= 11 is 0. The average molecular weight is 356 g/mol. The molecule has 1 aromatic carbocycles. The Balaban J connectivity index is 1.36. The van der Waals surface area contributed by atoms with E-state index in [0.29, 0.717) is 29.0 Å². The Bertz CT molecular complexity index is 821. The number of benzene rings is 1. The summed E-state index contributed by atoms with van der Waals surface area (Å²) < 4.78 is 16.1. The van der Waals surface area contributed by atoms with Crippen molar-refractivity contribution in [2.75, 3.05) is 36.7 Å². The highest BCUT2D eigenvalue weighted by Gasteiger charge is 2.17. The van der Waals surface area contributed by atoms with Crippen molar-refractivity contribution in [1.82, 2.24) is 9.97 Å². The minimum Gasteiger partial charge on any atom is -0.467 e. The Morgan fingerprint density at radius 1 is 1.19 bits per heavy atom. The molecule has 8 heteroatoms. The lowest BCUT2D eigenvalue weighted by Crippen LogP contribution is -2.23. The van der Waals surface area contributed by atoms with Crippen LogP contribution >= 0.6 is 0 Å². The Morgan fingerprint density at radius 2 is 2.00 bits per heavy atom. The van der Waals surface area contributed by atoms with E-state index in [0.717, 1.165) is 31.6 Å². The number of carbonyl (C=O) groups excluding carboxylic acids is 1. The first-order valence-corrected chi connectivity index (χ1v) is 8.60. The van der Waals surface area contributed by atoms with Gasteiger partial charge >= 0.3 is 0 Å². The number of carbonyl (C=O) groups is 1. The molecule has 0 aliphatic carbocycles. The van der Waals surface area contributed by atoms with Gasteiger partial charge < -0.3 is 24.4 Å². The second-order valence-electron chi connectivity index (χ2n) is 6.25. The molecule has 8 nitrogen and oxygen atoms in total. The maximum absolute atomic E-state index is 12.2. The molecule has 3 heterocycles. The van der Waals surface area contributed by atoms with E-state index in [1.54, 1.807) is 24.3 Å². The Labute approximate surface area is 151 Å². The first-order valence-electron chi connectivity index (χ1n) is 8.60. The molecule has 1 saturated heterocycles. The highest BCUT2D eigenvalue weighted by Crippen LogP contribution is 2.34. The Kier molecular flexibility index (Phi) is 4.47. The molecule has 0 spiro atoms. The minimum absolute atomic E-state index is 0.135. The fourth-order valence-corrected chi connectivity index (χ4v) is 2.97. The van der Waals surface area contributed by atoms with Gasteiger partial charge in [-0.15, -0.1) is 0 Å². The summed E-state index contributed by atoms with van der Waals surface area (Å²) in [5, 5.41) is 2.77. The fourth-order valence-electron chi connectivity index (χ4n) is 2.97. The van der Waals surface area contributed by atoms with E-state index in [-0.39, 0.29) is 19.3 Å². The van der Waals surface area contributed by atoms with Crippen molar-refractivity contribution in [1.29, 1.82) is 0 Å². The smallest absolute Gasteiger partial charge is 0.262 e. The van der Waals surface area contributed by atoms with Crippen LogP contribution in [0.5, 0.6) is 17.4 Å². The number of hydrogen-bond donors (Lipinski definition) is 1. The lowest BCUT2D eigenvalue weighted by atomic mass is 10.3. The maximum atomic E-state index is 12.2. The molecule has 0 atom stereocenters. The molecule has 2 aliphatic rings. The van der Waals surface area contributed by atoms with E-state index in [1.165, 1.54) is 0 Å². The first-order chi connectivity index (χ1) is 12.7. The van der Waals surface area contributed by atoms with Crippen LogP contribution in [0.1, 0.15) is 18.5 Å². The number of anilines is 2. The quantitative estimate of drug-likeness (QED) is 0.878. The molecule has 1 fully saturated rings. The van der Waals surface area contributed by atoms with Crippen molar-refractivity contribution in [3.63, 3.8) is 0 Å². The number of amides is 1. The lowest BCUT2D eigenvalue weighted by Gasteiger charge is -2.16. The summed E-state index contributed by atoms with van der Waals surface area (Å²) in [5.74, 6) is 2.08. The fraction of sp³-hybridized carbons (Fsp3) is 0.389. The number of hydrogen-bond acceptors (Lipinski definition) is 7. The predicted octanol–water partition coefficient (Wildman–Crippen LogP) is 2.13. The number of aromatic nitrogens is 2. The molecule has 26 heavy (non-hydrogen) atoms. The van der Waals surface area contributed by atoms with Gasteiger partial charge in [0.2, 0.25) is 18.6 Å². The van der Waals surface area contributed by atoms with Crippen LogP contribution in [0.2, 0.25) is 0 Å². The number of aryl methyl sites for hydroxylation is 1. The van der Waals surface area contributed by atoms with Crippen LogP contribution in [-0.2, 0) is 4.79 Å². The van der Waals surface area contributed by atoms with E-state index in [9.17, 15) is 4.79 Å². The van der Waals surface area contributed by atoms with Gasteiger partial charge in [-0.2, -0.15) is 4.98 Å². The molecule has 136 valence electrons. The summed E-state index contributed by atoms with van der Waals surface area (Å²) in [5.41, 5.74) is 1.44. The minimum atomic E-state index is -0.275. The second-order valence-corrected chi connectivity index (χ2v) is 6.25. The zero-order valence-electron chi connectivity index (χ0n) is 14.5. The van der Waals surface area contributed by atoms with Crippen LogP contribution in [0.25, 0.3) is 0 Å². The third kappa shape index (κ3) is 3.63. The molecule has 0 radical (unpaired) electrons. The molecule has 2 aromatic rings. The van der Waals surface area contributed by atoms with E-state index in [1.807, 2.05) is 6.92 Å². The largest absolute Gasteiger partial charge is 0.467 e. The van der Waals surface area contributed by atoms with Crippen molar-refractivity contribution in [2.24, 2.45) is 0 Å². The van der Waals surface area contributed by atoms with Gasteiger partial charge in [-0.3, -0.25) is 4.79 Å². The summed E-state index contributed by atoms with van der Waals surface area (Å²) in [6.07, 6.45) is 2.29. The summed E-state index contributed by atoms with van der Waals surface area (Å²) in [4.78, 5) is 23.2. The van der Waals surface area contributed by atoms with Gasteiger partial charge in [-0.25, -0.2) is 4.98 Å². The number of nitrogens with zero attached hydrogens (tertiary/aromatic N) is 3. The third-order valence-electron chi connectivity index (χ3n) is 4.22. The van der Waals surface area contributed by atoms with E-state index in [4.69, 9.17) is 14.2 Å². The molecule has 1 amide bonds. The van der Waals surface area contributed by atoms with Crippen LogP contribution < -0.4 is 24.4 Å². The molecule has 1 N–H and O–H groups in total.